The normalized spacial score (nSPS) is 21.7. The summed E-state index contributed by atoms with van der Waals surface area (Å²) in [4.78, 5) is 0. The zero-order valence-corrected chi connectivity index (χ0v) is 11.3. The molecule has 0 heterocycles. The molecule has 16 heavy (non-hydrogen) atoms. The van der Waals surface area contributed by atoms with Crippen molar-refractivity contribution in [3.8, 4) is 0 Å². The fourth-order valence-electron chi connectivity index (χ4n) is 2.67. The fourth-order valence-corrected chi connectivity index (χ4v) is 3.07. The molecule has 1 unspecified atom stereocenters. The average molecular weight is 285 g/mol. The van der Waals surface area contributed by atoms with Crippen LogP contribution in [0.1, 0.15) is 44.6 Å². The van der Waals surface area contributed by atoms with Gasteiger partial charge < -0.3 is 0 Å². The average Bonchev–Trinajstić information content (AvgIpc) is 2.30. The zero-order chi connectivity index (χ0) is 11.6. The zero-order valence-electron chi connectivity index (χ0n) is 9.68. The van der Waals surface area contributed by atoms with E-state index in [1.54, 1.807) is 6.92 Å². The molecule has 1 aliphatic rings. The molecule has 0 aromatic heterocycles. The molecule has 0 spiro atoms. The first-order valence-corrected chi connectivity index (χ1v) is 6.85. The summed E-state index contributed by atoms with van der Waals surface area (Å²) in [5.41, 5.74) is -0.363. The van der Waals surface area contributed by atoms with Crippen LogP contribution in [0.5, 0.6) is 0 Å². The van der Waals surface area contributed by atoms with Crippen LogP contribution >= 0.6 is 15.9 Å². The minimum Gasteiger partial charge on any atom is -0.239 e. The van der Waals surface area contributed by atoms with Crippen LogP contribution in [0, 0.1) is 5.92 Å². The first-order valence-electron chi connectivity index (χ1n) is 6.05. The monoisotopic (exact) mass is 284 g/mol. The van der Waals surface area contributed by atoms with Crippen molar-refractivity contribution in [3.05, 3.63) is 34.3 Å². The highest BCUT2D eigenvalue weighted by Crippen LogP contribution is 2.42. The summed E-state index contributed by atoms with van der Waals surface area (Å²) in [6.45, 7) is 1.74. The molecular weight excluding hydrogens is 267 g/mol. The van der Waals surface area contributed by atoms with E-state index >= 15 is 0 Å². The third-order valence-electron chi connectivity index (χ3n) is 3.76. The van der Waals surface area contributed by atoms with Crippen molar-refractivity contribution in [1.82, 2.24) is 0 Å². The summed E-state index contributed by atoms with van der Waals surface area (Å²) in [6, 6.07) is 7.68. The molecule has 1 fully saturated rings. The lowest BCUT2D eigenvalue weighted by Gasteiger charge is -2.33. The molecule has 2 rings (SSSR count). The molecule has 88 valence electrons. The van der Waals surface area contributed by atoms with Crippen LogP contribution in [0.2, 0.25) is 0 Å². The lowest BCUT2D eigenvalue weighted by Crippen LogP contribution is -2.29. The van der Waals surface area contributed by atoms with E-state index in [-0.39, 0.29) is 5.92 Å². The maximum Gasteiger partial charge on any atom is 0.136 e. The van der Waals surface area contributed by atoms with Gasteiger partial charge in [0.1, 0.15) is 5.67 Å². The highest BCUT2D eigenvalue weighted by molar-refractivity contribution is 9.10. The summed E-state index contributed by atoms with van der Waals surface area (Å²) in [6.07, 6.45) is 5.68. The Morgan fingerprint density at radius 1 is 1.25 bits per heavy atom. The first kappa shape index (κ1) is 12.1. The van der Waals surface area contributed by atoms with Crippen molar-refractivity contribution in [2.24, 2.45) is 5.92 Å². The van der Waals surface area contributed by atoms with E-state index in [0.717, 1.165) is 22.9 Å². The van der Waals surface area contributed by atoms with Crippen molar-refractivity contribution >= 4 is 15.9 Å². The predicted octanol–water partition coefficient (Wildman–Crippen LogP) is 5.21. The second kappa shape index (κ2) is 4.87. The van der Waals surface area contributed by atoms with Gasteiger partial charge in [-0.2, -0.15) is 0 Å². The SMILES string of the molecule is CC(F)(c1cccc(Br)c1)C1CCCCC1. The molecule has 2 heteroatoms. The van der Waals surface area contributed by atoms with Gasteiger partial charge in [-0.25, -0.2) is 4.39 Å². The molecule has 0 nitrogen and oxygen atoms in total. The number of hydrogen-bond donors (Lipinski definition) is 0. The van der Waals surface area contributed by atoms with E-state index in [4.69, 9.17) is 0 Å². The predicted molar refractivity (Wildman–Crippen MR) is 69.2 cm³/mol. The minimum atomic E-state index is -1.18. The Hall–Kier alpha value is -0.370. The standard InChI is InChI=1S/C14H18BrF/c1-14(16,11-6-3-2-4-7-11)12-8-5-9-13(15)10-12/h5,8-11H,2-4,6-7H2,1H3. The number of hydrogen-bond acceptors (Lipinski definition) is 0. The van der Waals surface area contributed by atoms with Crippen molar-refractivity contribution in [2.75, 3.05) is 0 Å². The molecule has 0 aliphatic heterocycles. The Kier molecular flexibility index (Phi) is 3.68. The summed E-state index contributed by atoms with van der Waals surface area (Å²) < 4.78 is 15.8. The molecule has 1 saturated carbocycles. The molecule has 1 aliphatic carbocycles. The van der Waals surface area contributed by atoms with Gasteiger partial charge in [0, 0.05) is 4.47 Å². The molecule has 1 aromatic rings. The molecule has 0 radical (unpaired) electrons. The lowest BCUT2D eigenvalue weighted by atomic mass is 9.76. The second-order valence-corrected chi connectivity index (χ2v) is 5.84. The summed E-state index contributed by atoms with van der Waals surface area (Å²) >= 11 is 3.41. The minimum absolute atomic E-state index is 0.190. The van der Waals surface area contributed by atoms with Crippen LogP contribution in [0.4, 0.5) is 4.39 Å². The molecule has 1 aromatic carbocycles. The van der Waals surface area contributed by atoms with Gasteiger partial charge in [-0.05, 0) is 43.4 Å². The maximum atomic E-state index is 14.9. The van der Waals surface area contributed by atoms with Crippen molar-refractivity contribution in [2.45, 2.75) is 44.7 Å². The van der Waals surface area contributed by atoms with E-state index in [9.17, 15) is 4.39 Å². The van der Waals surface area contributed by atoms with Crippen LogP contribution in [-0.4, -0.2) is 0 Å². The Balaban J connectivity index is 2.22. The molecule has 0 N–H and O–H groups in total. The molecule has 0 saturated heterocycles. The van der Waals surface area contributed by atoms with Crippen molar-refractivity contribution < 1.29 is 4.39 Å². The van der Waals surface area contributed by atoms with Crippen LogP contribution < -0.4 is 0 Å². The number of rotatable bonds is 2. The van der Waals surface area contributed by atoms with Gasteiger partial charge in [-0.15, -0.1) is 0 Å². The highest BCUT2D eigenvalue weighted by atomic mass is 79.9. The third-order valence-corrected chi connectivity index (χ3v) is 4.25. The molecule has 0 amide bonds. The van der Waals surface area contributed by atoms with Gasteiger partial charge >= 0.3 is 0 Å². The Bertz CT molecular complexity index is 354. The maximum absolute atomic E-state index is 14.9. The van der Waals surface area contributed by atoms with Crippen LogP contribution in [0.15, 0.2) is 28.7 Å². The topological polar surface area (TPSA) is 0 Å². The second-order valence-electron chi connectivity index (χ2n) is 4.92. The first-order chi connectivity index (χ1) is 7.60. The Morgan fingerprint density at radius 3 is 2.56 bits per heavy atom. The van der Waals surface area contributed by atoms with Gasteiger partial charge in [0.15, 0.2) is 0 Å². The van der Waals surface area contributed by atoms with E-state index in [1.165, 1.54) is 19.3 Å². The summed E-state index contributed by atoms with van der Waals surface area (Å²) in [7, 11) is 0. The quantitative estimate of drug-likeness (QED) is 0.699. The van der Waals surface area contributed by atoms with Gasteiger partial charge in [0.05, 0.1) is 0 Å². The highest BCUT2D eigenvalue weighted by Gasteiger charge is 2.36. The fraction of sp³-hybridized carbons (Fsp3) is 0.571. The van der Waals surface area contributed by atoms with Crippen molar-refractivity contribution in [3.63, 3.8) is 0 Å². The van der Waals surface area contributed by atoms with E-state index < -0.39 is 5.67 Å². The molecular formula is C14H18BrF. The number of alkyl halides is 1. The van der Waals surface area contributed by atoms with Crippen molar-refractivity contribution in [1.29, 1.82) is 0 Å². The molecule has 1 atom stereocenters. The number of halogens is 2. The van der Waals surface area contributed by atoms with E-state index in [1.807, 2.05) is 24.3 Å². The number of benzene rings is 1. The summed E-state index contributed by atoms with van der Waals surface area (Å²) in [5, 5.41) is 0. The van der Waals surface area contributed by atoms with Gasteiger partial charge in [-0.1, -0.05) is 47.3 Å². The smallest absolute Gasteiger partial charge is 0.136 e. The largest absolute Gasteiger partial charge is 0.239 e. The van der Waals surface area contributed by atoms with Gasteiger partial charge in [0.25, 0.3) is 0 Å². The van der Waals surface area contributed by atoms with Crippen LogP contribution in [0.25, 0.3) is 0 Å². The van der Waals surface area contributed by atoms with Gasteiger partial charge in [0.2, 0.25) is 0 Å². The van der Waals surface area contributed by atoms with E-state index in [2.05, 4.69) is 15.9 Å². The summed E-state index contributed by atoms with van der Waals surface area (Å²) in [5.74, 6) is 0.190. The van der Waals surface area contributed by atoms with Crippen LogP contribution in [-0.2, 0) is 5.67 Å². The van der Waals surface area contributed by atoms with Gasteiger partial charge in [-0.3, -0.25) is 0 Å². The van der Waals surface area contributed by atoms with E-state index in [0.29, 0.717) is 0 Å². The molecule has 0 bridgehead atoms. The lowest BCUT2D eigenvalue weighted by molar-refractivity contribution is 0.0725. The third kappa shape index (κ3) is 2.48. The van der Waals surface area contributed by atoms with Crippen LogP contribution in [0.3, 0.4) is 0 Å². The Labute approximate surface area is 105 Å². The Morgan fingerprint density at radius 2 is 1.94 bits per heavy atom.